The molecule has 10 heteroatoms. The molecule has 0 radical (unpaired) electrons. The number of nitrogens with zero attached hydrogens (tertiary/aromatic N) is 6. The lowest BCUT2D eigenvalue weighted by Crippen LogP contribution is -2.02. The van der Waals surface area contributed by atoms with E-state index in [-0.39, 0.29) is 11.1 Å². The zero-order valence-electron chi connectivity index (χ0n) is 9.69. The van der Waals surface area contributed by atoms with E-state index in [1.165, 1.54) is 24.0 Å². The second kappa shape index (κ2) is 5.40. The Morgan fingerprint density at radius 3 is 2.89 bits per heavy atom. The van der Waals surface area contributed by atoms with Gasteiger partial charge >= 0.3 is 5.95 Å². The highest BCUT2D eigenvalue weighted by Crippen LogP contribution is 2.09. The van der Waals surface area contributed by atoms with Gasteiger partial charge in [-0.15, -0.1) is 10.2 Å². The smallest absolute Gasteiger partial charge is 0.390 e. The van der Waals surface area contributed by atoms with Crippen LogP contribution in [0.2, 0.25) is 5.15 Å². The molecule has 0 fully saturated rings. The van der Waals surface area contributed by atoms with Gasteiger partial charge in [-0.05, 0) is 17.1 Å². The Balaban J connectivity index is 2.07. The van der Waals surface area contributed by atoms with Gasteiger partial charge in [0.1, 0.15) is 6.20 Å². The SMILES string of the molecule is Cn1c(C=NNc2ccc(Cl)nn2)cnc1[N+](=O)[O-]. The minimum absolute atomic E-state index is 0.257. The Morgan fingerprint density at radius 2 is 2.32 bits per heavy atom. The zero-order valence-corrected chi connectivity index (χ0v) is 10.4. The van der Waals surface area contributed by atoms with Gasteiger partial charge < -0.3 is 10.1 Å². The van der Waals surface area contributed by atoms with E-state index in [0.29, 0.717) is 11.5 Å². The van der Waals surface area contributed by atoms with E-state index in [1.807, 2.05) is 0 Å². The normalized spacial score (nSPS) is 10.8. The number of anilines is 1. The molecule has 0 aliphatic carbocycles. The van der Waals surface area contributed by atoms with Crippen molar-refractivity contribution in [1.29, 1.82) is 0 Å². The predicted molar refractivity (Wildman–Crippen MR) is 68.1 cm³/mol. The summed E-state index contributed by atoms with van der Waals surface area (Å²) in [6, 6.07) is 3.15. The number of nitro groups is 1. The van der Waals surface area contributed by atoms with E-state index in [9.17, 15) is 10.1 Å². The first-order valence-electron chi connectivity index (χ1n) is 5.02. The Labute approximate surface area is 112 Å². The van der Waals surface area contributed by atoms with Crippen molar-refractivity contribution in [2.24, 2.45) is 12.1 Å². The first kappa shape index (κ1) is 12.9. The predicted octanol–water partition coefficient (Wildman–Crippen LogP) is 1.22. The largest absolute Gasteiger partial charge is 0.434 e. The van der Waals surface area contributed by atoms with Crippen molar-refractivity contribution in [2.75, 3.05) is 5.43 Å². The van der Waals surface area contributed by atoms with Gasteiger partial charge in [0, 0.05) is 0 Å². The summed E-state index contributed by atoms with van der Waals surface area (Å²) in [5, 5.41) is 22.1. The topological polar surface area (TPSA) is 111 Å². The summed E-state index contributed by atoms with van der Waals surface area (Å²) < 4.78 is 1.30. The van der Waals surface area contributed by atoms with E-state index < -0.39 is 4.92 Å². The first-order chi connectivity index (χ1) is 9.08. The summed E-state index contributed by atoms with van der Waals surface area (Å²) in [7, 11) is 1.52. The zero-order chi connectivity index (χ0) is 13.8. The number of rotatable bonds is 4. The lowest BCUT2D eigenvalue weighted by Gasteiger charge is -1.97. The van der Waals surface area contributed by atoms with E-state index in [0.717, 1.165) is 0 Å². The minimum Gasteiger partial charge on any atom is -0.390 e. The van der Waals surface area contributed by atoms with Crippen LogP contribution in [0.25, 0.3) is 0 Å². The standard InChI is InChI=1S/C9H8ClN7O2/c1-16-6(4-11-9(16)17(18)19)5-12-14-8-3-2-7(10)13-15-8/h2-5H,1H3,(H,14,15). The fraction of sp³-hybridized carbons (Fsp3) is 0.111. The monoisotopic (exact) mass is 281 g/mol. The van der Waals surface area contributed by atoms with Crippen molar-refractivity contribution >= 4 is 29.6 Å². The van der Waals surface area contributed by atoms with E-state index in [1.54, 1.807) is 12.1 Å². The molecular formula is C9H8ClN7O2. The molecule has 0 aliphatic rings. The van der Waals surface area contributed by atoms with Crippen LogP contribution < -0.4 is 5.43 Å². The van der Waals surface area contributed by atoms with Gasteiger partial charge in [-0.2, -0.15) is 5.10 Å². The molecule has 0 aromatic carbocycles. The molecule has 0 spiro atoms. The van der Waals surface area contributed by atoms with E-state index in [4.69, 9.17) is 11.6 Å². The highest BCUT2D eigenvalue weighted by atomic mass is 35.5. The summed E-state index contributed by atoms with van der Waals surface area (Å²) in [4.78, 5) is 13.7. The molecule has 0 amide bonds. The number of halogens is 1. The number of hydrazone groups is 1. The average Bonchev–Trinajstić information content (AvgIpc) is 2.74. The molecule has 2 heterocycles. The molecule has 2 aromatic heterocycles. The van der Waals surface area contributed by atoms with Crippen LogP contribution >= 0.6 is 11.6 Å². The summed E-state index contributed by atoms with van der Waals surface area (Å²) in [5.74, 6) is 0.144. The maximum atomic E-state index is 10.6. The third-order valence-corrected chi connectivity index (χ3v) is 2.37. The average molecular weight is 282 g/mol. The minimum atomic E-state index is -0.574. The van der Waals surface area contributed by atoms with E-state index >= 15 is 0 Å². The first-order valence-corrected chi connectivity index (χ1v) is 5.40. The quantitative estimate of drug-likeness (QED) is 0.512. The maximum absolute atomic E-state index is 10.6. The van der Waals surface area contributed by atoms with Crippen molar-refractivity contribution in [2.45, 2.75) is 0 Å². The van der Waals surface area contributed by atoms with Gasteiger partial charge in [0.05, 0.1) is 13.3 Å². The van der Waals surface area contributed by atoms with Crippen LogP contribution in [-0.4, -0.2) is 30.9 Å². The molecule has 0 saturated carbocycles. The van der Waals surface area contributed by atoms with Gasteiger partial charge in [-0.25, -0.2) is 4.57 Å². The Hall–Kier alpha value is -2.55. The van der Waals surface area contributed by atoms with Crippen LogP contribution in [0.1, 0.15) is 5.69 Å². The second-order valence-electron chi connectivity index (χ2n) is 3.41. The third kappa shape index (κ3) is 3.01. The summed E-state index contributed by atoms with van der Waals surface area (Å²) in [6.45, 7) is 0. The van der Waals surface area contributed by atoms with E-state index in [2.05, 4.69) is 25.7 Å². The molecule has 19 heavy (non-hydrogen) atoms. The van der Waals surface area contributed by atoms with Gasteiger partial charge in [0.25, 0.3) is 0 Å². The molecule has 98 valence electrons. The van der Waals surface area contributed by atoms with Crippen LogP contribution in [0, 0.1) is 10.1 Å². The Bertz CT molecular complexity index is 622. The molecule has 0 bridgehead atoms. The van der Waals surface area contributed by atoms with Crippen molar-refractivity contribution < 1.29 is 4.92 Å². The lowest BCUT2D eigenvalue weighted by atomic mass is 10.5. The van der Waals surface area contributed by atoms with Crippen molar-refractivity contribution in [1.82, 2.24) is 19.7 Å². The molecule has 0 aliphatic heterocycles. The summed E-state index contributed by atoms with van der Waals surface area (Å²) >= 11 is 5.58. The molecule has 1 N–H and O–H groups in total. The van der Waals surface area contributed by atoms with Gasteiger partial charge in [0.2, 0.25) is 0 Å². The van der Waals surface area contributed by atoms with Crippen molar-refractivity contribution in [3.63, 3.8) is 0 Å². The van der Waals surface area contributed by atoms with Crippen LogP contribution in [0.5, 0.6) is 0 Å². The number of hydrogen-bond donors (Lipinski definition) is 1. The van der Waals surface area contributed by atoms with Crippen molar-refractivity contribution in [3.8, 4) is 0 Å². The van der Waals surface area contributed by atoms with Crippen LogP contribution in [0.3, 0.4) is 0 Å². The summed E-state index contributed by atoms with van der Waals surface area (Å²) in [5.41, 5.74) is 3.09. The third-order valence-electron chi connectivity index (χ3n) is 2.17. The van der Waals surface area contributed by atoms with Gasteiger partial charge in [0.15, 0.2) is 16.7 Å². The Kier molecular flexibility index (Phi) is 3.66. The molecule has 2 aromatic rings. The number of nitrogens with one attached hydrogen (secondary N) is 1. The molecule has 0 saturated heterocycles. The number of imidazole rings is 1. The fourth-order valence-electron chi connectivity index (χ4n) is 1.24. The molecule has 2 rings (SSSR count). The molecule has 0 unspecified atom stereocenters. The second-order valence-corrected chi connectivity index (χ2v) is 3.80. The molecular weight excluding hydrogens is 274 g/mol. The van der Waals surface area contributed by atoms with Crippen LogP contribution in [-0.2, 0) is 7.05 Å². The Morgan fingerprint density at radius 1 is 1.53 bits per heavy atom. The maximum Gasteiger partial charge on any atom is 0.434 e. The van der Waals surface area contributed by atoms with Crippen molar-refractivity contribution in [3.05, 3.63) is 39.3 Å². The summed E-state index contributed by atoms with van der Waals surface area (Å²) in [6.07, 6.45) is 2.73. The van der Waals surface area contributed by atoms with Gasteiger partial charge in [-0.1, -0.05) is 16.6 Å². The molecule has 9 nitrogen and oxygen atoms in total. The highest BCUT2D eigenvalue weighted by molar-refractivity contribution is 6.29. The number of hydrogen-bond acceptors (Lipinski definition) is 7. The lowest BCUT2D eigenvalue weighted by molar-refractivity contribution is -0.396. The highest BCUT2D eigenvalue weighted by Gasteiger charge is 2.15. The number of aromatic nitrogens is 4. The fourth-order valence-corrected chi connectivity index (χ4v) is 1.34. The van der Waals surface area contributed by atoms with Gasteiger partial charge in [-0.3, -0.25) is 5.43 Å². The molecule has 0 atom stereocenters. The van der Waals surface area contributed by atoms with Crippen LogP contribution in [0.15, 0.2) is 23.4 Å². The van der Waals surface area contributed by atoms with Crippen LogP contribution in [0.4, 0.5) is 11.8 Å².